The molecule has 1 heteroatoms. The summed E-state index contributed by atoms with van der Waals surface area (Å²) in [7, 11) is 0. The van der Waals surface area contributed by atoms with E-state index in [0.29, 0.717) is 0 Å². The molecule has 0 spiro atoms. The van der Waals surface area contributed by atoms with Crippen LogP contribution < -0.4 is 0 Å². The van der Waals surface area contributed by atoms with Crippen molar-refractivity contribution < 1.29 is 0 Å². The van der Waals surface area contributed by atoms with Crippen LogP contribution in [0.3, 0.4) is 0 Å². The fraction of sp³-hybridized carbons (Fsp3) is 1.00. The Kier molecular flexibility index (Phi) is 8.46. The minimum Gasteiger partial charge on any atom is -0.155 e. The van der Waals surface area contributed by atoms with Gasteiger partial charge in [0.1, 0.15) is 0 Å². The van der Waals surface area contributed by atoms with E-state index in [9.17, 15) is 0 Å². The van der Waals surface area contributed by atoms with Crippen molar-refractivity contribution in [2.24, 2.45) is 11.8 Å². The van der Waals surface area contributed by atoms with Crippen LogP contribution in [-0.2, 0) is 0 Å². The number of rotatable bonds is 8. The van der Waals surface area contributed by atoms with Crippen LogP contribution >= 0.6 is 11.8 Å². The van der Waals surface area contributed by atoms with Gasteiger partial charge in [0.25, 0.3) is 0 Å². The normalized spacial score (nSPS) is 21.2. The largest absolute Gasteiger partial charge is 0.155 e. The molecule has 0 N–H and O–H groups in total. The van der Waals surface area contributed by atoms with Crippen LogP contribution in [0.5, 0.6) is 0 Å². The standard InChI is InChI=1S/C17H34S/c1-5-15(6-2)14(4)13-16(7-3)18-17-11-9-8-10-12-17/h14-17H,5-13H2,1-4H3/t14-,16?/m1/s1. The number of hydrogen-bond donors (Lipinski definition) is 0. The smallest absolute Gasteiger partial charge is 0.00498 e. The molecule has 0 aromatic rings. The molecular formula is C17H34S. The molecule has 2 atom stereocenters. The Bertz CT molecular complexity index is 192. The second-order valence-corrected chi connectivity index (χ2v) is 7.82. The molecule has 0 aromatic carbocycles. The summed E-state index contributed by atoms with van der Waals surface area (Å²) >= 11 is 2.33. The van der Waals surface area contributed by atoms with Gasteiger partial charge in [0, 0.05) is 10.5 Å². The lowest BCUT2D eigenvalue weighted by atomic mass is 9.86. The van der Waals surface area contributed by atoms with E-state index in [-0.39, 0.29) is 0 Å². The van der Waals surface area contributed by atoms with Gasteiger partial charge in [-0.25, -0.2) is 0 Å². The highest BCUT2D eigenvalue weighted by molar-refractivity contribution is 8.00. The lowest BCUT2D eigenvalue weighted by Gasteiger charge is -2.29. The first-order valence-corrected chi connectivity index (χ1v) is 9.30. The predicted octanol–water partition coefficient (Wildman–Crippen LogP) is 6.29. The van der Waals surface area contributed by atoms with Crippen LogP contribution in [0.4, 0.5) is 0 Å². The van der Waals surface area contributed by atoms with Crippen LogP contribution in [0.25, 0.3) is 0 Å². The van der Waals surface area contributed by atoms with E-state index >= 15 is 0 Å². The highest BCUT2D eigenvalue weighted by Gasteiger charge is 2.22. The summed E-state index contributed by atoms with van der Waals surface area (Å²) in [4.78, 5) is 0. The fourth-order valence-electron chi connectivity index (χ4n) is 3.49. The molecule has 0 heterocycles. The molecule has 0 bridgehead atoms. The molecule has 108 valence electrons. The molecule has 0 amide bonds. The molecule has 1 aliphatic rings. The van der Waals surface area contributed by atoms with E-state index in [1.807, 2.05) is 0 Å². The molecule has 1 aliphatic carbocycles. The van der Waals surface area contributed by atoms with Gasteiger partial charge in [-0.2, -0.15) is 11.8 Å². The second-order valence-electron chi connectivity index (χ2n) is 6.22. The maximum Gasteiger partial charge on any atom is 0.00498 e. The van der Waals surface area contributed by atoms with Crippen molar-refractivity contribution in [3.05, 3.63) is 0 Å². The van der Waals surface area contributed by atoms with E-state index in [2.05, 4.69) is 39.5 Å². The predicted molar refractivity (Wildman–Crippen MR) is 86.4 cm³/mol. The van der Waals surface area contributed by atoms with Crippen molar-refractivity contribution in [2.45, 2.75) is 96.0 Å². The number of thioether (sulfide) groups is 1. The van der Waals surface area contributed by atoms with Gasteiger partial charge in [-0.1, -0.05) is 59.8 Å². The lowest BCUT2D eigenvalue weighted by Crippen LogP contribution is -2.19. The summed E-state index contributed by atoms with van der Waals surface area (Å²) in [5.41, 5.74) is 0. The van der Waals surface area contributed by atoms with Crippen molar-refractivity contribution in [3.63, 3.8) is 0 Å². The Hall–Kier alpha value is 0.350. The molecule has 0 saturated heterocycles. The van der Waals surface area contributed by atoms with Crippen LogP contribution in [-0.4, -0.2) is 10.5 Å². The highest BCUT2D eigenvalue weighted by Crippen LogP contribution is 2.36. The van der Waals surface area contributed by atoms with E-state index in [0.717, 1.165) is 22.3 Å². The summed E-state index contributed by atoms with van der Waals surface area (Å²) in [5, 5.41) is 1.90. The molecule has 0 nitrogen and oxygen atoms in total. The third-order valence-corrected chi connectivity index (χ3v) is 6.65. The topological polar surface area (TPSA) is 0 Å². The molecule has 0 aromatic heterocycles. The van der Waals surface area contributed by atoms with Crippen molar-refractivity contribution in [1.29, 1.82) is 0 Å². The Morgan fingerprint density at radius 3 is 2.06 bits per heavy atom. The SMILES string of the molecule is CCC(C[C@@H](C)C(CC)CC)SC1CCCCC1. The Morgan fingerprint density at radius 2 is 1.56 bits per heavy atom. The molecular weight excluding hydrogens is 236 g/mol. The first kappa shape index (κ1) is 16.4. The Balaban J connectivity index is 2.35. The van der Waals surface area contributed by atoms with Crippen molar-refractivity contribution in [1.82, 2.24) is 0 Å². The summed E-state index contributed by atoms with van der Waals surface area (Å²) in [5.74, 6) is 1.87. The van der Waals surface area contributed by atoms with Gasteiger partial charge in [-0.05, 0) is 37.5 Å². The van der Waals surface area contributed by atoms with Crippen molar-refractivity contribution in [3.8, 4) is 0 Å². The molecule has 18 heavy (non-hydrogen) atoms. The third-order valence-electron chi connectivity index (χ3n) is 4.88. The average Bonchev–Trinajstić information content (AvgIpc) is 2.40. The van der Waals surface area contributed by atoms with E-state index in [4.69, 9.17) is 0 Å². The summed E-state index contributed by atoms with van der Waals surface area (Å²) < 4.78 is 0. The Labute approximate surface area is 120 Å². The van der Waals surface area contributed by atoms with E-state index < -0.39 is 0 Å². The molecule has 1 fully saturated rings. The van der Waals surface area contributed by atoms with Gasteiger partial charge >= 0.3 is 0 Å². The van der Waals surface area contributed by atoms with Gasteiger partial charge in [-0.15, -0.1) is 0 Å². The zero-order valence-corrected chi connectivity index (χ0v) is 13.9. The van der Waals surface area contributed by atoms with Gasteiger partial charge in [0.2, 0.25) is 0 Å². The lowest BCUT2D eigenvalue weighted by molar-refractivity contribution is 0.315. The van der Waals surface area contributed by atoms with Crippen LogP contribution in [0, 0.1) is 11.8 Å². The molecule has 0 aliphatic heterocycles. The minimum absolute atomic E-state index is 0.918. The highest BCUT2D eigenvalue weighted by atomic mass is 32.2. The molecule has 1 rings (SSSR count). The zero-order chi connectivity index (χ0) is 13.4. The minimum atomic E-state index is 0.918. The maximum absolute atomic E-state index is 2.49. The van der Waals surface area contributed by atoms with Gasteiger partial charge in [-0.3, -0.25) is 0 Å². The van der Waals surface area contributed by atoms with E-state index in [1.54, 1.807) is 0 Å². The number of hydrogen-bond acceptors (Lipinski definition) is 1. The van der Waals surface area contributed by atoms with Gasteiger partial charge in [0.05, 0.1) is 0 Å². The van der Waals surface area contributed by atoms with Crippen LogP contribution in [0.15, 0.2) is 0 Å². The van der Waals surface area contributed by atoms with E-state index in [1.165, 1.54) is 57.8 Å². The van der Waals surface area contributed by atoms with Gasteiger partial charge < -0.3 is 0 Å². The summed E-state index contributed by atoms with van der Waals surface area (Å²) in [6, 6.07) is 0. The average molecular weight is 271 g/mol. The first-order valence-electron chi connectivity index (χ1n) is 8.36. The van der Waals surface area contributed by atoms with Crippen LogP contribution in [0.2, 0.25) is 0 Å². The van der Waals surface area contributed by atoms with Crippen molar-refractivity contribution in [2.75, 3.05) is 0 Å². The Morgan fingerprint density at radius 1 is 0.944 bits per heavy atom. The summed E-state index contributed by atoms with van der Waals surface area (Å²) in [6.07, 6.45) is 13.0. The monoisotopic (exact) mass is 270 g/mol. The summed E-state index contributed by atoms with van der Waals surface area (Å²) in [6.45, 7) is 9.60. The van der Waals surface area contributed by atoms with Crippen LogP contribution in [0.1, 0.15) is 85.5 Å². The van der Waals surface area contributed by atoms with Crippen molar-refractivity contribution >= 4 is 11.8 Å². The maximum atomic E-state index is 2.49. The molecule has 1 unspecified atom stereocenters. The first-order chi connectivity index (χ1) is 8.71. The molecule has 1 saturated carbocycles. The third kappa shape index (κ3) is 5.55. The zero-order valence-electron chi connectivity index (χ0n) is 13.1. The second kappa shape index (κ2) is 9.28. The molecule has 0 radical (unpaired) electrons. The van der Waals surface area contributed by atoms with Gasteiger partial charge in [0.15, 0.2) is 0 Å². The fourth-order valence-corrected chi connectivity index (χ4v) is 5.25. The quantitative estimate of drug-likeness (QED) is 0.499.